The fraction of sp³-hybridized carbons (Fsp3) is 0.455. The van der Waals surface area contributed by atoms with Crippen LogP contribution in [0.4, 0.5) is 0 Å². The molecular weight excluding hydrogens is 182 g/mol. The maximum Gasteiger partial charge on any atom is 0.0408 e. The van der Waals surface area contributed by atoms with Crippen LogP contribution in [0.3, 0.4) is 0 Å². The minimum Gasteiger partial charge on any atom is -0.310 e. The molecule has 0 spiro atoms. The first-order chi connectivity index (χ1) is 6.31. The lowest BCUT2D eigenvalue weighted by atomic mass is 9.92. The third-order valence-electron chi connectivity index (χ3n) is 2.69. The summed E-state index contributed by atoms with van der Waals surface area (Å²) in [6, 6.07) is 6.79. The molecule has 0 unspecified atom stereocenters. The molecule has 1 aliphatic heterocycles. The molecule has 1 atom stereocenters. The van der Waals surface area contributed by atoms with Crippen LogP contribution >= 0.6 is 11.6 Å². The van der Waals surface area contributed by atoms with Crippen molar-refractivity contribution in [1.29, 1.82) is 0 Å². The zero-order valence-corrected chi connectivity index (χ0v) is 8.56. The topological polar surface area (TPSA) is 12.0 Å². The van der Waals surface area contributed by atoms with Crippen LogP contribution in [0.25, 0.3) is 0 Å². The number of aryl methyl sites for hydroxylation is 1. The van der Waals surface area contributed by atoms with Crippen molar-refractivity contribution in [3.63, 3.8) is 0 Å². The van der Waals surface area contributed by atoms with E-state index in [0.29, 0.717) is 6.04 Å². The second-order valence-electron chi connectivity index (χ2n) is 3.49. The highest BCUT2D eigenvalue weighted by Gasteiger charge is 2.20. The van der Waals surface area contributed by atoms with E-state index in [1.54, 1.807) is 0 Å². The summed E-state index contributed by atoms with van der Waals surface area (Å²) in [7, 11) is 0. The Morgan fingerprint density at radius 3 is 2.85 bits per heavy atom. The highest BCUT2D eigenvalue weighted by atomic mass is 35.5. The van der Waals surface area contributed by atoms with E-state index in [2.05, 4.69) is 24.4 Å². The summed E-state index contributed by atoms with van der Waals surface area (Å²) >= 11 is 5.94. The van der Waals surface area contributed by atoms with Crippen LogP contribution in [-0.4, -0.2) is 6.54 Å². The molecule has 1 nitrogen and oxygen atoms in total. The molecule has 0 amide bonds. The van der Waals surface area contributed by atoms with Crippen LogP contribution in [0.1, 0.15) is 30.5 Å². The molecule has 0 bridgehead atoms. The Kier molecular flexibility index (Phi) is 2.56. The summed E-state index contributed by atoms with van der Waals surface area (Å²) in [5.41, 5.74) is 2.81. The molecule has 1 N–H and O–H groups in total. The fourth-order valence-electron chi connectivity index (χ4n) is 1.77. The van der Waals surface area contributed by atoms with Crippen molar-refractivity contribution in [2.45, 2.75) is 25.8 Å². The van der Waals surface area contributed by atoms with E-state index in [4.69, 9.17) is 11.6 Å². The average Bonchev–Trinajstić information content (AvgIpc) is 2.05. The number of hydrogen-bond acceptors (Lipinski definition) is 1. The molecule has 0 aliphatic carbocycles. The molecule has 1 heterocycles. The van der Waals surface area contributed by atoms with Gasteiger partial charge in [0, 0.05) is 11.1 Å². The summed E-state index contributed by atoms with van der Waals surface area (Å²) in [5, 5.41) is 4.26. The number of rotatable bonds is 2. The van der Waals surface area contributed by atoms with Gasteiger partial charge in [0.05, 0.1) is 0 Å². The molecule has 1 saturated heterocycles. The van der Waals surface area contributed by atoms with Crippen molar-refractivity contribution >= 4 is 11.6 Å². The lowest BCUT2D eigenvalue weighted by Gasteiger charge is -2.29. The molecule has 1 aromatic rings. The molecular formula is C11H14ClN. The van der Waals surface area contributed by atoms with Gasteiger partial charge in [-0.25, -0.2) is 0 Å². The van der Waals surface area contributed by atoms with Crippen molar-refractivity contribution in [1.82, 2.24) is 5.32 Å². The van der Waals surface area contributed by atoms with Gasteiger partial charge in [0.1, 0.15) is 0 Å². The molecule has 0 saturated carbocycles. The van der Waals surface area contributed by atoms with Crippen LogP contribution in [0.2, 0.25) is 5.02 Å². The first-order valence-electron chi connectivity index (χ1n) is 4.83. The number of nitrogens with one attached hydrogen (secondary N) is 1. The monoisotopic (exact) mass is 195 g/mol. The molecule has 1 aromatic carbocycles. The molecule has 0 radical (unpaired) electrons. The average molecular weight is 196 g/mol. The Morgan fingerprint density at radius 1 is 1.54 bits per heavy atom. The Bertz CT molecular complexity index is 305. The van der Waals surface area contributed by atoms with Crippen molar-refractivity contribution in [3.05, 3.63) is 34.3 Å². The predicted octanol–water partition coefficient (Wildman–Crippen LogP) is 2.94. The maximum absolute atomic E-state index is 5.94. The third-order valence-corrected chi connectivity index (χ3v) is 2.92. The summed E-state index contributed by atoms with van der Waals surface area (Å²) in [6.07, 6.45) is 2.32. The van der Waals surface area contributed by atoms with Gasteiger partial charge in [-0.05, 0) is 42.6 Å². The highest BCUT2D eigenvalue weighted by Crippen LogP contribution is 2.28. The van der Waals surface area contributed by atoms with Gasteiger partial charge in [0.15, 0.2) is 0 Å². The summed E-state index contributed by atoms with van der Waals surface area (Å²) in [5.74, 6) is 0. The Balaban J connectivity index is 2.32. The second-order valence-corrected chi connectivity index (χ2v) is 3.93. The summed E-state index contributed by atoms with van der Waals surface area (Å²) in [4.78, 5) is 0. The smallest absolute Gasteiger partial charge is 0.0408 e. The van der Waals surface area contributed by atoms with Crippen molar-refractivity contribution in [2.75, 3.05) is 6.54 Å². The van der Waals surface area contributed by atoms with Crippen LogP contribution in [0, 0.1) is 0 Å². The zero-order chi connectivity index (χ0) is 9.26. The highest BCUT2D eigenvalue weighted by molar-refractivity contribution is 6.30. The van der Waals surface area contributed by atoms with Crippen LogP contribution in [0.5, 0.6) is 0 Å². The van der Waals surface area contributed by atoms with Gasteiger partial charge in [-0.2, -0.15) is 0 Å². The van der Waals surface area contributed by atoms with E-state index in [1.165, 1.54) is 17.5 Å². The SMILES string of the molecule is CCc1cc(Cl)ccc1[C@@H]1CCN1. The number of halogens is 1. The lowest BCUT2D eigenvalue weighted by molar-refractivity contribution is 0.381. The minimum atomic E-state index is 0.576. The van der Waals surface area contributed by atoms with Crippen LogP contribution in [0.15, 0.2) is 18.2 Å². The van der Waals surface area contributed by atoms with Gasteiger partial charge in [-0.3, -0.25) is 0 Å². The van der Waals surface area contributed by atoms with Crippen molar-refractivity contribution in [2.24, 2.45) is 0 Å². The Labute approximate surface area is 84.1 Å². The molecule has 70 valence electrons. The first-order valence-corrected chi connectivity index (χ1v) is 5.20. The standard InChI is InChI=1S/C11H14ClN/c1-2-8-7-9(12)3-4-10(8)11-5-6-13-11/h3-4,7,11,13H,2,5-6H2,1H3/t11-/m0/s1. The minimum absolute atomic E-state index is 0.576. The first kappa shape index (κ1) is 9.04. The van der Waals surface area contributed by atoms with E-state index in [-0.39, 0.29) is 0 Å². The van der Waals surface area contributed by atoms with E-state index in [0.717, 1.165) is 18.0 Å². The molecule has 1 fully saturated rings. The van der Waals surface area contributed by atoms with Crippen molar-refractivity contribution in [3.8, 4) is 0 Å². The second kappa shape index (κ2) is 3.69. The molecule has 13 heavy (non-hydrogen) atoms. The molecule has 2 rings (SSSR count). The number of benzene rings is 1. The van der Waals surface area contributed by atoms with Crippen LogP contribution < -0.4 is 5.32 Å². The zero-order valence-electron chi connectivity index (χ0n) is 7.81. The predicted molar refractivity (Wildman–Crippen MR) is 56.2 cm³/mol. The fourth-order valence-corrected chi connectivity index (χ4v) is 1.97. The van der Waals surface area contributed by atoms with E-state index in [9.17, 15) is 0 Å². The van der Waals surface area contributed by atoms with Gasteiger partial charge < -0.3 is 5.32 Å². The van der Waals surface area contributed by atoms with E-state index >= 15 is 0 Å². The van der Waals surface area contributed by atoms with E-state index < -0.39 is 0 Å². The normalized spacial score (nSPS) is 21.2. The van der Waals surface area contributed by atoms with Gasteiger partial charge in [-0.15, -0.1) is 0 Å². The van der Waals surface area contributed by atoms with Gasteiger partial charge in [0.25, 0.3) is 0 Å². The third kappa shape index (κ3) is 1.72. The summed E-state index contributed by atoms with van der Waals surface area (Å²) < 4.78 is 0. The molecule has 1 aliphatic rings. The van der Waals surface area contributed by atoms with Gasteiger partial charge in [0.2, 0.25) is 0 Å². The molecule has 2 heteroatoms. The van der Waals surface area contributed by atoms with Gasteiger partial charge >= 0.3 is 0 Å². The van der Waals surface area contributed by atoms with Crippen molar-refractivity contribution < 1.29 is 0 Å². The quantitative estimate of drug-likeness (QED) is 0.765. The summed E-state index contributed by atoms with van der Waals surface area (Å²) in [6.45, 7) is 3.32. The Morgan fingerprint density at radius 2 is 2.31 bits per heavy atom. The van der Waals surface area contributed by atoms with E-state index in [1.807, 2.05) is 6.07 Å². The maximum atomic E-state index is 5.94. The molecule has 0 aromatic heterocycles. The van der Waals surface area contributed by atoms with Crippen LogP contribution in [-0.2, 0) is 6.42 Å². The lowest BCUT2D eigenvalue weighted by Crippen LogP contribution is -2.35. The number of hydrogen-bond donors (Lipinski definition) is 1. The van der Waals surface area contributed by atoms with Gasteiger partial charge in [-0.1, -0.05) is 24.6 Å². The largest absolute Gasteiger partial charge is 0.310 e. The Hall–Kier alpha value is -0.530.